The average Bonchev–Trinajstić information content (AvgIpc) is 3.06. The van der Waals surface area contributed by atoms with Gasteiger partial charge in [0.15, 0.2) is 5.96 Å². The van der Waals surface area contributed by atoms with Crippen LogP contribution in [0.25, 0.3) is 10.9 Å². The van der Waals surface area contributed by atoms with Crippen molar-refractivity contribution in [3.05, 3.63) is 70.9 Å². The number of halogens is 4. The van der Waals surface area contributed by atoms with Crippen LogP contribution < -0.4 is 10.6 Å². The Morgan fingerprint density at radius 1 is 1.03 bits per heavy atom. The monoisotopic (exact) mass is 560 g/mol. The first kappa shape index (κ1) is 26.0. The standard InChI is InChI=1S/C23H27F3N4O.HI/c1-16-19(20-5-3-4-6-21(20)30-16)11-12-28-22(27-2)29-13-17-7-9-18(10-8-17)14-31-15-23(24,25)26;/h3-10,30H,11-15H2,1-2H3,(H2,27,28,29);1H. The lowest BCUT2D eigenvalue weighted by Crippen LogP contribution is -2.37. The Kier molecular flexibility index (Phi) is 9.83. The molecule has 9 heteroatoms. The Morgan fingerprint density at radius 3 is 2.41 bits per heavy atom. The number of hydrogen-bond acceptors (Lipinski definition) is 2. The second-order valence-electron chi connectivity index (χ2n) is 7.30. The van der Waals surface area contributed by atoms with Gasteiger partial charge in [0.25, 0.3) is 0 Å². The van der Waals surface area contributed by atoms with Crippen LogP contribution in [0.15, 0.2) is 53.5 Å². The molecule has 0 fully saturated rings. The Morgan fingerprint density at radius 2 is 1.72 bits per heavy atom. The molecule has 3 aromatic rings. The number of aromatic amines is 1. The van der Waals surface area contributed by atoms with E-state index in [-0.39, 0.29) is 30.6 Å². The lowest BCUT2D eigenvalue weighted by molar-refractivity contribution is -0.176. The number of ether oxygens (including phenoxy) is 1. The molecular formula is C23H28F3IN4O. The van der Waals surface area contributed by atoms with Gasteiger partial charge in [-0.25, -0.2) is 0 Å². The molecule has 0 spiro atoms. The number of aryl methyl sites for hydroxylation is 1. The number of H-pyrrole nitrogens is 1. The molecule has 0 saturated carbocycles. The summed E-state index contributed by atoms with van der Waals surface area (Å²) in [6.45, 7) is 2.06. The zero-order chi connectivity index (χ0) is 22.3. The van der Waals surface area contributed by atoms with Crippen LogP contribution in [-0.2, 0) is 24.3 Å². The fourth-order valence-electron chi connectivity index (χ4n) is 3.41. The van der Waals surface area contributed by atoms with Gasteiger partial charge in [0.1, 0.15) is 6.61 Å². The third-order valence-corrected chi connectivity index (χ3v) is 4.94. The zero-order valence-corrected chi connectivity index (χ0v) is 20.4. The van der Waals surface area contributed by atoms with E-state index < -0.39 is 12.8 Å². The minimum absolute atomic E-state index is 0. The van der Waals surface area contributed by atoms with Crippen LogP contribution >= 0.6 is 24.0 Å². The Balaban J connectivity index is 0.00000363. The molecule has 0 aliphatic rings. The number of aromatic nitrogens is 1. The van der Waals surface area contributed by atoms with Gasteiger partial charge in [-0.2, -0.15) is 13.2 Å². The SMILES string of the molecule is CN=C(NCCc1c(C)[nH]c2ccccc12)NCc1ccc(COCC(F)(F)F)cc1.I. The van der Waals surface area contributed by atoms with E-state index in [9.17, 15) is 13.2 Å². The van der Waals surface area contributed by atoms with Gasteiger partial charge in [0.05, 0.1) is 6.61 Å². The van der Waals surface area contributed by atoms with E-state index in [0.29, 0.717) is 18.1 Å². The summed E-state index contributed by atoms with van der Waals surface area (Å²) in [6.07, 6.45) is -3.44. The smallest absolute Gasteiger partial charge is 0.367 e. The van der Waals surface area contributed by atoms with Crippen molar-refractivity contribution in [2.24, 2.45) is 4.99 Å². The summed E-state index contributed by atoms with van der Waals surface area (Å²) in [7, 11) is 1.72. The summed E-state index contributed by atoms with van der Waals surface area (Å²) in [5.74, 6) is 0.690. The molecule has 3 N–H and O–H groups in total. The first-order chi connectivity index (χ1) is 14.9. The molecule has 0 bridgehead atoms. The lowest BCUT2D eigenvalue weighted by atomic mass is 10.1. The van der Waals surface area contributed by atoms with Crippen molar-refractivity contribution >= 4 is 40.8 Å². The van der Waals surface area contributed by atoms with E-state index >= 15 is 0 Å². The molecule has 0 atom stereocenters. The molecule has 5 nitrogen and oxygen atoms in total. The topological polar surface area (TPSA) is 61.4 Å². The molecule has 0 radical (unpaired) electrons. The van der Waals surface area contributed by atoms with Gasteiger partial charge < -0.3 is 20.4 Å². The van der Waals surface area contributed by atoms with Crippen molar-refractivity contribution in [2.75, 3.05) is 20.2 Å². The van der Waals surface area contributed by atoms with Crippen molar-refractivity contribution in [1.82, 2.24) is 15.6 Å². The number of hydrogen-bond donors (Lipinski definition) is 3. The van der Waals surface area contributed by atoms with Gasteiger partial charge in [-0.15, -0.1) is 24.0 Å². The van der Waals surface area contributed by atoms with E-state index in [0.717, 1.165) is 24.0 Å². The fourth-order valence-corrected chi connectivity index (χ4v) is 3.41. The molecule has 0 unspecified atom stereocenters. The summed E-state index contributed by atoms with van der Waals surface area (Å²) < 4.78 is 41.1. The molecule has 0 saturated heterocycles. The van der Waals surface area contributed by atoms with Crippen LogP contribution in [0.4, 0.5) is 13.2 Å². The van der Waals surface area contributed by atoms with E-state index in [4.69, 9.17) is 0 Å². The Bertz CT molecular complexity index is 1020. The third kappa shape index (κ3) is 7.70. The quantitative estimate of drug-likeness (QED) is 0.205. The Hall–Kier alpha value is -2.27. The van der Waals surface area contributed by atoms with Crippen molar-refractivity contribution < 1.29 is 17.9 Å². The van der Waals surface area contributed by atoms with Gasteiger partial charge in [-0.05, 0) is 36.1 Å². The molecule has 2 aromatic carbocycles. The highest BCUT2D eigenvalue weighted by molar-refractivity contribution is 14.0. The van der Waals surface area contributed by atoms with Crippen molar-refractivity contribution in [3.63, 3.8) is 0 Å². The maximum atomic E-state index is 12.1. The molecule has 0 aliphatic carbocycles. The number of rotatable bonds is 8. The molecule has 1 aromatic heterocycles. The van der Waals surface area contributed by atoms with Crippen LogP contribution in [0.3, 0.4) is 0 Å². The number of nitrogens with one attached hydrogen (secondary N) is 3. The second kappa shape index (κ2) is 12.1. The largest absolute Gasteiger partial charge is 0.411 e. The molecule has 174 valence electrons. The molecule has 0 amide bonds. The Labute approximate surface area is 202 Å². The maximum absolute atomic E-state index is 12.1. The fraction of sp³-hybridized carbons (Fsp3) is 0.348. The lowest BCUT2D eigenvalue weighted by Gasteiger charge is -2.13. The highest BCUT2D eigenvalue weighted by Crippen LogP contribution is 2.22. The summed E-state index contributed by atoms with van der Waals surface area (Å²) in [6, 6.07) is 15.5. The van der Waals surface area contributed by atoms with E-state index in [1.165, 1.54) is 16.6 Å². The number of aliphatic imine (C=N–C) groups is 1. The van der Waals surface area contributed by atoms with Gasteiger partial charge in [-0.3, -0.25) is 4.99 Å². The summed E-state index contributed by atoms with van der Waals surface area (Å²) in [5, 5.41) is 7.81. The minimum atomic E-state index is -4.31. The molecule has 1 heterocycles. The van der Waals surface area contributed by atoms with Crippen molar-refractivity contribution in [3.8, 4) is 0 Å². The van der Waals surface area contributed by atoms with Gasteiger partial charge in [-0.1, -0.05) is 42.5 Å². The number of alkyl halides is 3. The molecule has 32 heavy (non-hydrogen) atoms. The second-order valence-corrected chi connectivity index (χ2v) is 7.30. The summed E-state index contributed by atoms with van der Waals surface area (Å²) in [4.78, 5) is 7.66. The van der Waals surface area contributed by atoms with Crippen LogP contribution in [0.1, 0.15) is 22.4 Å². The predicted molar refractivity (Wildman–Crippen MR) is 133 cm³/mol. The summed E-state index contributed by atoms with van der Waals surface area (Å²) in [5.41, 5.74) is 5.30. The van der Waals surface area contributed by atoms with Crippen LogP contribution in [-0.4, -0.2) is 37.3 Å². The number of benzene rings is 2. The van der Waals surface area contributed by atoms with E-state index in [1.807, 2.05) is 24.3 Å². The number of para-hydroxylation sites is 1. The first-order valence-electron chi connectivity index (χ1n) is 10.1. The maximum Gasteiger partial charge on any atom is 0.411 e. The van der Waals surface area contributed by atoms with E-state index in [2.05, 4.69) is 44.4 Å². The van der Waals surface area contributed by atoms with Gasteiger partial charge in [0, 0.05) is 36.7 Å². The minimum Gasteiger partial charge on any atom is -0.367 e. The van der Waals surface area contributed by atoms with Gasteiger partial charge >= 0.3 is 6.18 Å². The van der Waals surface area contributed by atoms with Gasteiger partial charge in [0.2, 0.25) is 0 Å². The number of nitrogens with zero attached hydrogens (tertiary/aromatic N) is 1. The zero-order valence-electron chi connectivity index (χ0n) is 18.1. The third-order valence-electron chi connectivity index (χ3n) is 4.94. The van der Waals surface area contributed by atoms with Crippen LogP contribution in [0.5, 0.6) is 0 Å². The van der Waals surface area contributed by atoms with Crippen LogP contribution in [0.2, 0.25) is 0 Å². The molecule has 3 rings (SSSR count). The van der Waals surface area contributed by atoms with Crippen LogP contribution in [0, 0.1) is 6.92 Å². The number of guanidine groups is 1. The molecular weight excluding hydrogens is 532 g/mol. The highest BCUT2D eigenvalue weighted by atomic mass is 127. The molecule has 0 aliphatic heterocycles. The highest BCUT2D eigenvalue weighted by Gasteiger charge is 2.27. The van der Waals surface area contributed by atoms with E-state index in [1.54, 1.807) is 19.2 Å². The predicted octanol–water partition coefficient (Wildman–Crippen LogP) is 5.08. The normalized spacial score (nSPS) is 12.0. The van der Waals surface area contributed by atoms with Crippen molar-refractivity contribution in [1.29, 1.82) is 0 Å². The first-order valence-corrected chi connectivity index (χ1v) is 10.1. The van der Waals surface area contributed by atoms with Crippen molar-refractivity contribution in [2.45, 2.75) is 32.7 Å². The summed E-state index contributed by atoms with van der Waals surface area (Å²) >= 11 is 0. The number of fused-ring (bicyclic) bond motifs is 1. The average molecular weight is 560 g/mol.